The summed E-state index contributed by atoms with van der Waals surface area (Å²) >= 11 is 0. The Bertz CT molecular complexity index is 1220. The quantitative estimate of drug-likeness (QED) is 0.520. The Morgan fingerprint density at radius 3 is 2.51 bits per heavy atom. The topological polar surface area (TPSA) is 87.7 Å². The molecule has 35 heavy (non-hydrogen) atoms. The third kappa shape index (κ3) is 6.26. The summed E-state index contributed by atoms with van der Waals surface area (Å²) in [6.07, 6.45) is 0.178. The van der Waals surface area contributed by atoms with Gasteiger partial charge < -0.3 is 20.3 Å². The molecule has 3 aromatic carbocycles. The van der Waals surface area contributed by atoms with Crippen molar-refractivity contribution in [2.75, 3.05) is 23.4 Å². The second kappa shape index (κ2) is 10.9. The summed E-state index contributed by atoms with van der Waals surface area (Å²) in [5.41, 5.74) is 4.65. The summed E-state index contributed by atoms with van der Waals surface area (Å²) in [4.78, 5) is 39.0. The minimum absolute atomic E-state index is 0.0905. The lowest BCUT2D eigenvalue weighted by atomic mass is 10.1. The third-order valence-electron chi connectivity index (χ3n) is 6.03. The lowest BCUT2D eigenvalue weighted by Gasteiger charge is -2.17. The summed E-state index contributed by atoms with van der Waals surface area (Å²) in [5, 5.41) is 5.75. The molecule has 7 heteroatoms. The molecule has 4 rings (SSSR count). The van der Waals surface area contributed by atoms with Gasteiger partial charge in [0.1, 0.15) is 5.75 Å². The van der Waals surface area contributed by atoms with Crippen LogP contribution >= 0.6 is 0 Å². The average molecular weight is 472 g/mol. The standard InChI is InChI=1S/C28H29N3O4/c1-19-6-5-9-23(14-19)30-26(32)18-35-25-12-10-24(11-13-25)31-17-22(15-27(31)33)28(34)29-16-21-8-4-3-7-20(21)2/h3-14,22H,15-18H2,1-2H3,(H,29,34)(H,30,32)/t22-/m0/s1. The second-order valence-electron chi connectivity index (χ2n) is 8.75. The maximum Gasteiger partial charge on any atom is 0.262 e. The Balaban J connectivity index is 1.27. The number of nitrogens with one attached hydrogen (secondary N) is 2. The molecule has 0 bridgehead atoms. The summed E-state index contributed by atoms with van der Waals surface area (Å²) in [6, 6.07) is 22.4. The van der Waals surface area contributed by atoms with Crippen LogP contribution in [-0.4, -0.2) is 30.9 Å². The van der Waals surface area contributed by atoms with E-state index in [1.54, 1.807) is 29.2 Å². The first-order valence-corrected chi connectivity index (χ1v) is 11.6. The number of carbonyl (C=O) groups excluding carboxylic acids is 3. The highest BCUT2D eigenvalue weighted by Crippen LogP contribution is 2.27. The van der Waals surface area contributed by atoms with Gasteiger partial charge in [-0.25, -0.2) is 0 Å². The summed E-state index contributed by atoms with van der Waals surface area (Å²) in [7, 11) is 0. The maximum absolute atomic E-state index is 12.7. The molecule has 2 N–H and O–H groups in total. The van der Waals surface area contributed by atoms with E-state index in [4.69, 9.17) is 4.74 Å². The Morgan fingerprint density at radius 2 is 1.77 bits per heavy atom. The minimum atomic E-state index is -0.396. The highest BCUT2D eigenvalue weighted by Gasteiger charge is 2.35. The number of benzene rings is 3. The number of amides is 3. The number of hydrogen-bond acceptors (Lipinski definition) is 4. The molecule has 3 amide bonds. The van der Waals surface area contributed by atoms with Crippen LogP contribution in [0.5, 0.6) is 5.75 Å². The van der Waals surface area contributed by atoms with Crippen LogP contribution in [0.2, 0.25) is 0 Å². The van der Waals surface area contributed by atoms with Crippen LogP contribution in [0, 0.1) is 19.8 Å². The van der Waals surface area contributed by atoms with Crippen LogP contribution < -0.4 is 20.3 Å². The zero-order valence-electron chi connectivity index (χ0n) is 19.9. The van der Waals surface area contributed by atoms with Crippen molar-refractivity contribution in [3.8, 4) is 5.75 Å². The van der Waals surface area contributed by atoms with Crippen LogP contribution in [-0.2, 0) is 20.9 Å². The molecule has 1 saturated heterocycles. The van der Waals surface area contributed by atoms with Gasteiger partial charge in [0, 0.05) is 30.9 Å². The van der Waals surface area contributed by atoms with Gasteiger partial charge in [0.2, 0.25) is 11.8 Å². The van der Waals surface area contributed by atoms with Crippen LogP contribution in [0.4, 0.5) is 11.4 Å². The van der Waals surface area contributed by atoms with Crippen molar-refractivity contribution < 1.29 is 19.1 Å². The largest absolute Gasteiger partial charge is 0.484 e. The van der Waals surface area contributed by atoms with Crippen molar-refractivity contribution in [3.63, 3.8) is 0 Å². The first-order chi connectivity index (χ1) is 16.9. The minimum Gasteiger partial charge on any atom is -0.484 e. The van der Waals surface area contributed by atoms with E-state index >= 15 is 0 Å². The normalized spacial score (nSPS) is 15.1. The highest BCUT2D eigenvalue weighted by molar-refractivity contribution is 6.00. The van der Waals surface area contributed by atoms with Gasteiger partial charge in [0.05, 0.1) is 5.92 Å². The Hall–Kier alpha value is -4.13. The molecule has 7 nitrogen and oxygen atoms in total. The molecular weight excluding hydrogens is 442 g/mol. The van der Waals surface area contributed by atoms with Crippen molar-refractivity contribution in [2.45, 2.75) is 26.8 Å². The number of hydrogen-bond donors (Lipinski definition) is 2. The average Bonchev–Trinajstić information content (AvgIpc) is 3.24. The van der Waals surface area contributed by atoms with Crippen LogP contribution in [0.3, 0.4) is 0 Å². The summed E-state index contributed by atoms with van der Waals surface area (Å²) in [6.45, 7) is 4.61. The molecular formula is C28H29N3O4. The molecule has 0 saturated carbocycles. The van der Waals surface area contributed by atoms with E-state index in [1.165, 1.54) is 0 Å². The van der Waals surface area contributed by atoms with Gasteiger partial charge in [-0.15, -0.1) is 0 Å². The highest BCUT2D eigenvalue weighted by atomic mass is 16.5. The maximum atomic E-state index is 12.7. The first-order valence-electron chi connectivity index (χ1n) is 11.6. The fourth-order valence-electron chi connectivity index (χ4n) is 4.06. The molecule has 0 spiro atoms. The molecule has 0 aliphatic carbocycles. The van der Waals surface area contributed by atoms with Crippen molar-refractivity contribution in [1.82, 2.24) is 5.32 Å². The fraction of sp³-hybridized carbons (Fsp3) is 0.250. The molecule has 0 unspecified atom stereocenters. The van der Waals surface area contributed by atoms with E-state index < -0.39 is 5.92 Å². The van der Waals surface area contributed by atoms with Crippen molar-refractivity contribution >= 4 is 29.1 Å². The number of nitrogens with zero attached hydrogens (tertiary/aromatic N) is 1. The SMILES string of the molecule is Cc1cccc(NC(=O)COc2ccc(N3C[C@@H](C(=O)NCc4ccccc4C)CC3=O)cc2)c1. The molecule has 1 aliphatic heterocycles. The first kappa shape index (κ1) is 24.0. The molecule has 1 atom stereocenters. The van der Waals surface area contributed by atoms with Crippen molar-refractivity contribution in [1.29, 1.82) is 0 Å². The van der Waals surface area contributed by atoms with Crippen LogP contribution in [0.1, 0.15) is 23.1 Å². The molecule has 0 radical (unpaired) electrons. The molecule has 1 fully saturated rings. The number of aryl methyl sites for hydroxylation is 2. The smallest absolute Gasteiger partial charge is 0.262 e. The Kier molecular flexibility index (Phi) is 7.45. The van der Waals surface area contributed by atoms with Crippen molar-refractivity contribution in [2.24, 2.45) is 5.92 Å². The lowest BCUT2D eigenvalue weighted by molar-refractivity contribution is -0.126. The monoisotopic (exact) mass is 471 g/mol. The molecule has 0 aromatic heterocycles. The van der Waals surface area contributed by atoms with E-state index in [9.17, 15) is 14.4 Å². The number of rotatable bonds is 8. The van der Waals surface area contributed by atoms with Gasteiger partial charge in [-0.2, -0.15) is 0 Å². The van der Waals surface area contributed by atoms with E-state index in [2.05, 4.69) is 10.6 Å². The summed E-state index contributed by atoms with van der Waals surface area (Å²) < 4.78 is 5.58. The van der Waals surface area contributed by atoms with Gasteiger partial charge >= 0.3 is 0 Å². The van der Waals surface area contributed by atoms with Crippen molar-refractivity contribution in [3.05, 3.63) is 89.5 Å². The molecule has 3 aromatic rings. The second-order valence-corrected chi connectivity index (χ2v) is 8.75. The van der Waals surface area contributed by atoms with Gasteiger partial charge in [-0.1, -0.05) is 36.4 Å². The van der Waals surface area contributed by atoms with E-state index in [1.807, 2.05) is 62.4 Å². The number of carbonyl (C=O) groups is 3. The lowest BCUT2D eigenvalue weighted by Crippen LogP contribution is -2.32. The van der Waals surface area contributed by atoms with E-state index in [0.717, 1.165) is 22.4 Å². The molecule has 1 heterocycles. The van der Waals surface area contributed by atoms with Gasteiger partial charge in [0.25, 0.3) is 5.91 Å². The predicted molar refractivity (Wildman–Crippen MR) is 135 cm³/mol. The van der Waals surface area contributed by atoms with E-state index in [-0.39, 0.29) is 30.7 Å². The Morgan fingerprint density at radius 1 is 1.00 bits per heavy atom. The van der Waals surface area contributed by atoms with Crippen LogP contribution in [0.25, 0.3) is 0 Å². The summed E-state index contributed by atoms with van der Waals surface area (Å²) in [5.74, 6) is -0.343. The van der Waals surface area contributed by atoms with E-state index in [0.29, 0.717) is 24.5 Å². The van der Waals surface area contributed by atoms with Gasteiger partial charge in [-0.3, -0.25) is 14.4 Å². The Labute approximate surface area is 205 Å². The number of ether oxygens (including phenoxy) is 1. The van der Waals surface area contributed by atoms with Crippen LogP contribution in [0.15, 0.2) is 72.8 Å². The zero-order valence-corrected chi connectivity index (χ0v) is 19.9. The molecule has 1 aliphatic rings. The molecule has 180 valence electrons. The fourth-order valence-corrected chi connectivity index (χ4v) is 4.06. The zero-order chi connectivity index (χ0) is 24.8. The third-order valence-corrected chi connectivity index (χ3v) is 6.03. The van der Waals surface area contributed by atoms with Gasteiger partial charge in [0.15, 0.2) is 6.61 Å². The predicted octanol–water partition coefficient (Wildman–Crippen LogP) is 3.99. The van der Waals surface area contributed by atoms with Gasteiger partial charge in [-0.05, 0) is 66.9 Å². The number of anilines is 2.